The standard InChI is InChI=1S/C9H11BrN2O5S2/c10-8-6(4-5(18-8)9(14)15)19(16,17)12-3-1-2-7(11)13/h4,12H,1-3H2,(H2,11,13)(H,14,15). The molecule has 0 aliphatic carbocycles. The van der Waals surface area contributed by atoms with Crippen LogP contribution in [-0.4, -0.2) is 31.9 Å². The minimum atomic E-state index is -3.80. The molecule has 1 amide bonds. The average Bonchev–Trinajstić information content (AvgIpc) is 2.67. The lowest BCUT2D eigenvalue weighted by molar-refractivity contribution is -0.118. The summed E-state index contributed by atoms with van der Waals surface area (Å²) in [5.41, 5.74) is 4.93. The van der Waals surface area contributed by atoms with Crippen molar-refractivity contribution in [2.24, 2.45) is 5.73 Å². The van der Waals surface area contributed by atoms with Gasteiger partial charge >= 0.3 is 5.97 Å². The summed E-state index contributed by atoms with van der Waals surface area (Å²) in [5, 5.41) is 8.79. The van der Waals surface area contributed by atoms with Crippen LogP contribution in [0.4, 0.5) is 0 Å². The Kier molecular flexibility index (Phi) is 5.47. The van der Waals surface area contributed by atoms with Crippen LogP contribution >= 0.6 is 27.3 Å². The lowest BCUT2D eigenvalue weighted by Gasteiger charge is -2.04. The number of carbonyl (C=O) groups excluding carboxylic acids is 1. The van der Waals surface area contributed by atoms with Crippen molar-refractivity contribution in [1.29, 1.82) is 0 Å². The van der Waals surface area contributed by atoms with Crippen molar-refractivity contribution in [3.8, 4) is 0 Å². The molecule has 0 atom stereocenters. The molecule has 0 saturated heterocycles. The third-order valence-electron chi connectivity index (χ3n) is 2.05. The summed E-state index contributed by atoms with van der Waals surface area (Å²) in [6.45, 7) is 0.0516. The van der Waals surface area contributed by atoms with E-state index in [4.69, 9.17) is 10.8 Å². The second kappa shape index (κ2) is 6.46. The molecule has 0 spiro atoms. The van der Waals surface area contributed by atoms with Crippen LogP contribution in [0.25, 0.3) is 0 Å². The molecule has 0 unspecified atom stereocenters. The third-order valence-corrected chi connectivity index (χ3v) is 5.75. The summed E-state index contributed by atoms with van der Waals surface area (Å²) in [6, 6.07) is 1.08. The van der Waals surface area contributed by atoms with Gasteiger partial charge in [0.2, 0.25) is 15.9 Å². The van der Waals surface area contributed by atoms with Crippen molar-refractivity contribution < 1.29 is 23.1 Å². The summed E-state index contributed by atoms with van der Waals surface area (Å²) in [5.74, 6) is -1.70. The molecule has 0 saturated carbocycles. The maximum absolute atomic E-state index is 11.9. The number of sulfonamides is 1. The Morgan fingerprint density at radius 1 is 1.47 bits per heavy atom. The van der Waals surface area contributed by atoms with Gasteiger partial charge in [-0.2, -0.15) is 0 Å². The number of hydrogen-bond donors (Lipinski definition) is 3. The van der Waals surface area contributed by atoms with Gasteiger partial charge < -0.3 is 10.8 Å². The third kappa shape index (κ3) is 4.56. The molecule has 0 aliphatic rings. The normalized spacial score (nSPS) is 11.4. The number of primary amides is 1. The predicted octanol–water partition coefficient (Wildman–Crippen LogP) is 0.753. The van der Waals surface area contributed by atoms with E-state index in [1.54, 1.807) is 0 Å². The Morgan fingerprint density at radius 2 is 2.11 bits per heavy atom. The fraction of sp³-hybridized carbons (Fsp3) is 0.333. The highest BCUT2D eigenvalue weighted by atomic mass is 79.9. The van der Waals surface area contributed by atoms with Gasteiger partial charge in [0, 0.05) is 13.0 Å². The molecule has 0 radical (unpaired) electrons. The molecule has 1 rings (SSSR count). The summed E-state index contributed by atoms with van der Waals surface area (Å²) >= 11 is 3.83. The topological polar surface area (TPSA) is 127 Å². The summed E-state index contributed by atoms with van der Waals surface area (Å²) in [4.78, 5) is 21.0. The maximum atomic E-state index is 11.9. The van der Waals surface area contributed by atoms with Crippen molar-refractivity contribution in [2.75, 3.05) is 6.54 Å². The van der Waals surface area contributed by atoms with Crippen molar-refractivity contribution in [2.45, 2.75) is 17.7 Å². The SMILES string of the molecule is NC(=O)CCCNS(=O)(=O)c1cc(C(=O)O)sc1Br. The van der Waals surface area contributed by atoms with E-state index in [0.29, 0.717) is 0 Å². The van der Waals surface area contributed by atoms with E-state index >= 15 is 0 Å². The van der Waals surface area contributed by atoms with E-state index in [1.807, 2.05) is 0 Å². The van der Waals surface area contributed by atoms with Crippen molar-refractivity contribution in [1.82, 2.24) is 4.72 Å². The molecular formula is C9H11BrN2O5S2. The first-order chi connectivity index (χ1) is 8.74. The fourth-order valence-corrected chi connectivity index (χ4v) is 4.66. The Morgan fingerprint density at radius 3 is 2.58 bits per heavy atom. The fourth-order valence-electron chi connectivity index (χ4n) is 1.19. The lowest BCUT2D eigenvalue weighted by atomic mass is 10.3. The van der Waals surface area contributed by atoms with E-state index in [-0.39, 0.29) is 32.9 Å². The molecule has 1 aromatic heterocycles. The van der Waals surface area contributed by atoms with Crippen LogP contribution in [0.15, 0.2) is 14.7 Å². The number of hydrogen-bond acceptors (Lipinski definition) is 5. The van der Waals surface area contributed by atoms with Crippen LogP contribution in [0.3, 0.4) is 0 Å². The molecular weight excluding hydrogens is 360 g/mol. The second-order valence-electron chi connectivity index (χ2n) is 3.52. The van der Waals surface area contributed by atoms with E-state index in [2.05, 4.69) is 20.7 Å². The lowest BCUT2D eigenvalue weighted by Crippen LogP contribution is -2.25. The average molecular weight is 371 g/mol. The highest BCUT2D eigenvalue weighted by Gasteiger charge is 2.22. The van der Waals surface area contributed by atoms with Gasteiger partial charge in [-0.25, -0.2) is 17.9 Å². The molecule has 19 heavy (non-hydrogen) atoms. The summed E-state index contributed by atoms with van der Waals surface area (Å²) < 4.78 is 26.3. The number of carbonyl (C=O) groups is 2. The molecule has 1 aromatic rings. The highest BCUT2D eigenvalue weighted by molar-refractivity contribution is 9.11. The minimum absolute atomic E-state index is 0.0516. The number of carboxylic acid groups (broad SMARTS) is 1. The van der Waals surface area contributed by atoms with Gasteiger partial charge in [0.05, 0.1) is 3.79 Å². The molecule has 4 N–H and O–H groups in total. The molecule has 0 aliphatic heterocycles. The van der Waals surface area contributed by atoms with E-state index in [9.17, 15) is 18.0 Å². The molecule has 0 bridgehead atoms. The molecule has 106 valence electrons. The first kappa shape index (κ1) is 16.1. The zero-order chi connectivity index (χ0) is 14.6. The van der Waals surface area contributed by atoms with Gasteiger partial charge in [-0.1, -0.05) is 0 Å². The molecule has 7 nitrogen and oxygen atoms in total. The number of aromatic carboxylic acids is 1. The van der Waals surface area contributed by atoms with Crippen LogP contribution in [-0.2, 0) is 14.8 Å². The van der Waals surface area contributed by atoms with Crippen LogP contribution in [0, 0.1) is 0 Å². The number of amides is 1. The van der Waals surface area contributed by atoms with Gasteiger partial charge in [-0.15, -0.1) is 11.3 Å². The number of carboxylic acids is 1. The Labute approximate surface area is 122 Å². The zero-order valence-electron chi connectivity index (χ0n) is 9.55. The second-order valence-corrected chi connectivity index (χ2v) is 7.63. The Balaban J connectivity index is 2.77. The van der Waals surface area contributed by atoms with Gasteiger partial charge in [0.25, 0.3) is 0 Å². The van der Waals surface area contributed by atoms with Crippen molar-refractivity contribution >= 4 is 49.2 Å². The number of thiophene rings is 1. The first-order valence-electron chi connectivity index (χ1n) is 5.04. The Hall–Kier alpha value is -0.970. The zero-order valence-corrected chi connectivity index (χ0v) is 12.8. The van der Waals surface area contributed by atoms with Crippen LogP contribution in [0.1, 0.15) is 22.5 Å². The van der Waals surface area contributed by atoms with Gasteiger partial charge in [0.1, 0.15) is 9.77 Å². The first-order valence-corrected chi connectivity index (χ1v) is 8.14. The van der Waals surface area contributed by atoms with Crippen LogP contribution < -0.4 is 10.5 Å². The van der Waals surface area contributed by atoms with E-state index in [0.717, 1.165) is 17.4 Å². The van der Waals surface area contributed by atoms with Crippen molar-refractivity contribution in [3.63, 3.8) is 0 Å². The molecule has 10 heteroatoms. The smallest absolute Gasteiger partial charge is 0.345 e. The van der Waals surface area contributed by atoms with E-state index in [1.165, 1.54) is 0 Å². The summed E-state index contributed by atoms with van der Waals surface area (Å²) in [6.07, 6.45) is 0.357. The predicted molar refractivity (Wildman–Crippen MR) is 72.6 cm³/mol. The number of nitrogens with two attached hydrogens (primary N) is 1. The van der Waals surface area contributed by atoms with Gasteiger partial charge in [-0.3, -0.25) is 4.79 Å². The van der Waals surface area contributed by atoms with Gasteiger partial charge in [-0.05, 0) is 28.4 Å². The van der Waals surface area contributed by atoms with Crippen molar-refractivity contribution in [3.05, 3.63) is 14.7 Å². The highest BCUT2D eigenvalue weighted by Crippen LogP contribution is 2.31. The molecule has 0 fully saturated rings. The van der Waals surface area contributed by atoms with Crippen LogP contribution in [0.5, 0.6) is 0 Å². The number of halogens is 1. The molecule has 1 heterocycles. The number of nitrogens with one attached hydrogen (secondary N) is 1. The minimum Gasteiger partial charge on any atom is -0.477 e. The van der Waals surface area contributed by atoms with Gasteiger partial charge in [0.15, 0.2) is 0 Å². The van der Waals surface area contributed by atoms with E-state index < -0.39 is 21.9 Å². The summed E-state index contributed by atoms with van der Waals surface area (Å²) in [7, 11) is -3.80. The molecule has 0 aromatic carbocycles. The monoisotopic (exact) mass is 370 g/mol. The largest absolute Gasteiger partial charge is 0.477 e. The Bertz CT molecular complexity index is 596. The van der Waals surface area contributed by atoms with Crippen LogP contribution in [0.2, 0.25) is 0 Å². The maximum Gasteiger partial charge on any atom is 0.345 e. The number of rotatable bonds is 7. The quantitative estimate of drug-likeness (QED) is 0.610.